The molecule has 1 saturated heterocycles. The number of rotatable bonds is 6. The van der Waals surface area contributed by atoms with E-state index in [1.807, 2.05) is 30.3 Å². The number of sulfone groups is 1. The summed E-state index contributed by atoms with van der Waals surface area (Å²) in [6.45, 7) is 5.40. The number of carbonyl (C=O) groups is 2. The van der Waals surface area contributed by atoms with Crippen LogP contribution >= 0.6 is 0 Å². The van der Waals surface area contributed by atoms with Gasteiger partial charge in [0.05, 0.1) is 10.6 Å². The molecular weight excluding hydrogens is 430 g/mol. The first-order chi connectivity index (χ1) is 15.0. The lowest BCUT2D eigenvalue weighted by Crippen LogP contribution is -2.43. The van der Waals surface area contributed by atoms with Crippen LogP contribution in [0.15, 0.2) is 65.6 Å². The summed E-state index contributed by atoms with van der Waals surface area (Å²) in [5.74, 6) is -1.14. The highest BCUT2D eigenvalue weighted by Crippen LogP contribution is 2.29. The number of ether oxygens (including phenoxy) is 2. The number of hydrogen-bond acceptors (Lipinski definition) is 6. The molecule has 1 aliphatic heterocycles. The maximum absolute atomic E-state index is 12.8. The molecule has 32 heavy (non-hydrogen) atoms. The minimum atomic E-state index is -3.56. The fourth-order valence-electron chi connectivity index (χ4n) is 3.68. The predicted octanol–water partition coefficient (Wildman–Crippen LogP) is 3.83. The van der Waals surface area contributed by atoms with E-state index in [9.17, 15) is 18.0 Å². The first-order valence-electron chi connectivity index (χ1n) is 10.5. The summed E-state index contributed by atoms with van der Waals surface area (Å²) < 4.78 is 36.6. The SMILES string of the molecule is CC(C)(C)OC(=O)[C@@H]1C[C@@H](CS(=O)(=O)c2ccccc2)CN1C(=O)OCc1ccccc1. The van der Waals surface area contributed by atoms with Gasteiger partial charge in [-0.05, 0) is 50.8 Å². The van der Waals surface area contributed by atoms with Crippen molar-refractivity contribution in [3.8, 4) is 0 Å². The Bertz CT molecular complexity index is 1030. The van der Waals surface area contributed by atoms with E-state index in [4.69, 9.17) is 9.47 Å². The van der Waals surface area contributed by atoms with Crippen LogP contribution < -0.4 is 0 Å². The largest absolute Gasteiger partial charge is 0.458 e. The number of hydrogen-bond donors (Lipinski definition) is 0. The fourth-order valence-corrected chi connectivity index (χ4v) is 5.30. The molecule has 1 amide bonds. The Labute approximate surface area is 189 Å². The average molecular weight is 460 g/mol. The Kier molecular flexibility index (Phi) is 7.23. The number of benzene rings is 2. The van der Waals surface area contributed by atoms with Crippen molar-refractivity contribution in [3.05, 3.63) is 66.2 Å². The molecule has 1 heterocycles. The van der Waals surface area contributed by atoms with Crippen molar-refractivity contribution >= 4 is 21.9 Å². The molecule has 0 N–H and O–H groups in total. The molecule has 0 spiro atoms. The van der Waals surface area contributed by atoms with Gasteiger partial charge in [0.2, 0.25) is 0 Å². The Morgan fingerprint density at radius 1 is 1.00 bits per heavy atom. The van der Waals surface area contributed by atoms with Crippen LogP contribution in [0.2, 0.25) is 0 Å². The molecule has 2 atom stereocenters. The molecule has 2 aromatic carbocycles. The molecule has 3 rings (SSSR count). The van der Waals surface area contributed by atoms with Crippen LogP contribution in [0.5, 0.6) is 0 Å². The van der Waals surface area contributed by atoms with Gasteiger partial charge in [-0.15, -0.1) is 0 Å². The van der Waals surface area contributed by atoms with Gasteiger partial charge in [-0.3, -0.25) is 4.90 Å². The monoisotopic (exact) mass is 459 g/mol. The molecule has 7 nitrogen and oxygen atoms in total. The Morgan fingerprint density at radius 2 is 1.59 bits per heavy atom. The average Bonchev–Trinajstić information content (AvgIpc) is 3.15. The van der Waals surface area contributed by atoms with Gasteiger partial charge < -0.3 is 9.47 Å². The Hall–Kier alpha value is -2.87. The van der Waals surface area contributed by atoms with E-state index in [1.54, 1.807) is 51.1 Å². The van der Waals surface area contributed by atoms with Crippen molar-refractivity contribution < 1.29 is 27.5 Å². The molecule has 172 valence electrons. The Balaban J connectivity index is 1.74. The molecule has 0 unspecified atom stereocenters. The van der Waals surface area contributed by atoms with Gasteiger partial charge in [0.25, 0.3) is 0 Å². The summed E-state index contributed by atoms with van der Waals surface area (Å²) >= 11 is 0. The molecule has 0 radical (unpaired) electrons. The smallest absolute Gasteiger partial charge is 0.410 e. The van der Waals surface area contributed by atoms with Crippen LogP contribution in [0.3, 0.4) is 0 Å². The predicted molar refractivity (Wildman–Crippen MR) is 120 cm³/mol. The summed E-state index contributed by atoms with van der Waals surface area (Å²) in [4.78, 5) is 27.2. The maximum Gasteiger partial charge on any atom is 0.410 e. The molecule has 2 aromatic rings. The highest BCUT2D eigenvalue weighted by Gasteiger charge is 2.43. The van der Waals surface area contributed by atoms with Gasteiger partial charge >= 0.3 is 12.1 Å². The van der Waals surface area contributed by atoms with E-state index >= 15 is 0 Å². The van der Waals surface area contributed by atoms with Crippen LogP contribution in [-0.2, 0) is 30.7 Å². The van der Waals surface area contributed by atoms with Gasteiger partial charge in [-0.2, -0.15) is 0 Å². The minimum absolute atomic E-state index is 0.0597. The molecule has 0 bridgehead atoms. The third-order valence-electron chi connectivity index (χ3n) is 5.06. The normalized spacial score (nSPS) is 18.9. The van der Waals surface area contributed by atoms with Crippen LogP contribution in [0.25, 0.3) is 0 Å². The van der Waals surface area contributed by atoms with Crippen LogP contribution in [0.4, 0.5) is 4.79 Å². The van der Waals surface area contributed by atoms with E-state index in [0.717, 1.165) is 5.56 Å². The van der Waals surface area contributed by atoms with Gasteiger partial charge in [-0.1, -0.05) is 48.5 Å². The van der Waals surface area contributed by atoms with Crippen molar-refractivity contribution in [1.82, 2.24) is 4.90 Å². The number of amides is 1. The first kappa shape index (κ1) is 23.8. The topological polar surface area (TPSA) is 90.0 Å². The summed E-state index contributed by atoms with van der Waals surface area (Å²) in [6, 6.07) is 16.5. The molecular formula is C24H29NO6S. The lowest BCUT2D eigenvalue weighted by atomic mass is 10.1. The standard InChI is InChI=1S/C24H29NO6S/c1-24(2,3)31-22(26)21-14-19(17-32(28,29)20-12-8-5-9-13-20)15-25(21)23(27)30-16-18-10-6-4-7-11-18/h4-13,19,21H,14-17H2,1-3H3/t19-,21+/m1/s1. The summed E-state index contributed by atoms with van der Waals surface area (Å²) in [7, 11) is -3.56. The van der Waals surface area contributed by atoms with Crippen LogP contribution in [0, 0.1) is 5.92 Å². The van der Waals surface area contributed by atoms with E-state index in [1.165, 1.54) is 4.90 Å². The van der Waals surface area contributed by atoms with Crippen molar-refractivity contribution in [3.63, 3.8) is 0 Å². The highest BCUT2D eigenvalue weighted by atomic mass is 32.2. The van der Waals surface area contributed by atoms with Crippen molar-refractivity contribution in [2.45, 2.75) is 50.3 Å². The fraction of sp³-hybridized carbons (Fsp3) is 0.417. The molecule has 0 saturated carbocycles. The van der Waals surface area contributed by atoms with E-state index in [-0.39, 0.29) is 30.2 Å². The molecule has 1 aliphatic rings. The first-order valence-corrected chi connectivity index (χ1v) is 12.2. The van der Waals surface area contributed by atoms with Crippen LogP contribution in [-0.4, -0.2) is 49.3 Å². The lowest BCUT2D eigenvalue weighted by molar-refractivity contribution is -0.159. The van der Waals surface area contributed by atoms with E-state index in [2.05, 4.69) is 0 Å². The second kappa shape index (κ2) is 9.73. The zero-order valence-electron chi connectivity index (χ0n) is 18.6. The Morgan fingerprint density at radius 3 is 2.19 bits per heavy atom. The lowest BCUT2D eigenvalue weighted by Gasteiger charge is -2.26. The second-order valence-electron chi connectivity index (χ2n) is 8.94. The number of carbonyl (C=O) groups excluding carboxylic acids is 2. The van der Waals surface area contributed by atoms with Gasteiger partial charge in [0, 0.05) is 6.54 Å². The van der Waals surface area contributed by atoms with E-state index < -0.39 is 39.5 Å². The van der Waals surface area contributed by atoms with Crippen LogP contribution in [0.1, 0.15) is 32.8 Å². The number of esters is 1. The van der Waals surface area contributed by atoms with Crippen molar-refractivity contribution in [2.24, 2.45) is 5.92 Å². The third kappa shape index (κ3) is 6.32. The molecule has 1 fully saturated rings. The zero-order valence-corrected chi connectivity index (χ0v) is 19.4. The summed E-state index contributed by atoms with van der Waals surface area (Å²) in [5, 5.41) is 0. The van der Waals surface area contributed by atoms with Crippen molar-refractivity contribution in [1.29, 1.82) is 0 Å². The maximum atomic E-state index is 12.8. The highest BCUT2D eigenvalue weighted by molar-refractivity contribution is 7.91. The quantitative estimate of drug-likeness (QED) is 0.610. The molecule has 8 heteroatoms. The third-order valence-corrected chi connectivity index (χ3v) is 6.96. The minimum Gasteiger partial charge on any atom is -0.458 e. The van der Waals surface area contributed by atoms with Gasteiger partial charge in [0.1, 0.15) is 18.2 Å². The van der Waals surface area contributed by atoms with Crippen molar-refractivity contribution in [2.75, 3.05) is 12.3 Å². The number of nitrogens with zero attached hydrogens (tertiary/aromatic N) is 1. The second-order valence-corrected chi connectivity index (χ2v) is 11.0. The molecule has 0 aromatic heterocycles. The molecule has 0 aliphatic carbocycles. The van der Waals surface area contributed by atoms with Gasteiger partial charge in [-0.25, -0.2) is 18.0 Å². The van der Waals surface area contributed by atoms with E-state index in [0.29, 0.717) is 0 Å². The zero-order chi connectivity index (χ0) is 23.4. The number of likely N-dealkylation sites (tertiary alicyclic amines) is 1. The van der Waals surface area contributed by atoms with Gasteiger partial charge in [0.15, 0.2) is 9.84 Å². The summed E-state index contributed by atoms with van der Waals surface area (Å²) in [5.41, 5.74) is 0.0855. The summed E-state index contributed by atoms with van der Waals surface area (Å²) in [6.07, 6.45) is -0.467.